The Hall–Kier alpha value is -4.09. The number of H-pyrrole nitrogens is 2. The molecule has 3 aromatic heterocycles. The molecule has 2 aliphatic rings. The van der Waals surface area contributed by atoms with Crippen LogP contribution < -0.4 is 10.3 Å². The van der Waals surface area contributed by atoms with Crippen molar-refractivity contribution in [2.24, 2.45) is 0 Å². The van der Waals surface area contributed by atoms with Gasteiger partial charge in [0.2, 0.25) is 0 Å². The van der Waals surface area contributed by atoms with E-state index in [0.717, 1.165) is 22.3 Å². The van der Waals surface area contributed by atoms with Crippen molar-refractivity contribution in [3.8, 4) is 39.8 Å². The molecule has 5 aromatic rings. The van der Waals surface area contributed by atoms with Crippen molar-refractivity contribution in [2.75, 3.05) is 13.2 Å². The summed E-state index contributed by atoms with van der Waals surface area (Å²) in [6, 6.07) is 19.2. The fraction of sp³-hybridized carbons (Fsp3) is 0.214. The van der Waals surface area contributed by atoms with Crippen LogP contribution in [0.2, 0.25) is 5.02 Å². The average Bonchev–Trinajstić information content (AvgIpc) is 3.65. The number of aliphatic hydroxyl groups is 1. The van der Waals surface area contributed by atoms with Crippen molar-refractivity contribution in [3.63, 3.8) is 0 Å². The number of halogens is 1. The highest BCUT2D eigenvalue weighted by Crippen LogP contribution is 2.33. The van der Waals surface area contributed by atoms with Gasteiger partial charge in [-0.1, -0.05) is 60.1 Å². The van der Waals surface area contributed by atoms with Crippen LogP contribution in [0.5, 0.6) is 6.01 Å². The normalized spacial score (nSPS) is 22.3. The molecule has 0 saturated carbocycles. The third-order valence-corrected chi connectivity index (χ3v) is 7.26. The SMILES string of the molecule is O=c1ccnc(-c2ccc(-c3ccc(-c4nc5nc(O[C@@H]6CO[C@H]7[C@@H]6OC[C@H]7O)[nH]c5cc4Cl)cc3)cc2)[nH]1. The van der Waals surface area contributed by atoms with E-state index < -0.39 is 6.10 Å². The summed E-state index contributed by atoms with van der Waals surface area (Å²) in [5.41, 5.74) is 5.24. The molecule has 10 nitrogen and oxygen atoms in total. The molecule has 196 valence electrons. The molecule has 2 fully saturated rings. The second kappa shape index (κ2) is 9.58. The smallest absolute Gasteiger partial charge is 0.296 e. The second-order valence-electron chi connectivity index (χ2n) is 9.49. The van der Waals surface area contributed by atoms with Gasteiger partial charge in [-0.2, -0.15) is 4.98 Å². The molecule has 0 bridgehead atoms. The molecule has 0 spiro atoms. The van der Waals surface area contributed by atoms with Crippen molar-refractivity contribution >= 4 is 22.8 Å². The van der Waals surface area contributed by atoms with Crippen LogP contribution in [0.25, 0.3) is 44.9 Å². The van der Waals surface area contributed by atoms with Gasteiger partial charge in [0.25, 0.3) is 11.6 Å². The summed E-state index contributed by atoms with van der Waals surface area (Å²) in [5.74, 6) is 0.527. The molecular formula is C28H22ClN5O5. The zero-order valence-corrected chi connectivity index (χ0v) is 21.1. The monoisotopic (exact) mass is 543 g/mol. The number of imidazole rings is 1. The van der Waals surface area contributed by atoms with Crippen LogP contribution in [-0.4, -0.2) is 67.7 Å². The summed E-state index contributed by atoms with van der Waals surface area (Å²) in [7, 11) is 0. The minimum Gasteiger partial charge on any atom is -0.456 e. The molecule has 11 heteroatoms. The van der Waals surface area contributed by atoms with Crippen LogP contribution in [0, 0.1) is 0 Å². The number of hydrogen-bond acceptors (Lipinski definition) is 8. The van der Waals surface area contributed by atoms with Crippen LogP contribution in [0.15, 0.2) is 71.7 Å². The summed E-state index contributed by atoms with van der Waals surface area (Å²) in [4.78, 5) is 30.8. The molecular weight excluding hydrogens is 522 g/mol. The lowest BCUT2D eigenvalue weighted by Gasteiger charge is -2.15. The number of nitrogens with zero attached hydrogens (tertiary/aromatic N) is 3. The first kappa shape index (κ1) is 24.0. The number of aliphatic hydroxyl groups excluding tert-OH is 1. The molecule has 0 aliphatic carbocycles. The Labute approximate surface area is 226 Å². The van der Waals surface area contributed by atoms with Gasteiger partial charge < -0.3 is 29.3 Å². The molecule has 0 unspecified atom stereocenters. The number of rotatable bonds is 5. The summed E-state index contributed by atoms with van der Waals surface area (Å²) >= 11 is 6.60. The number of nitrogens with one attached hydrogen (secondary N) is 2. The van der Waals surface area contributed by atoms with Gasteiger partial charge in [-0.15, -0.1) is 0 Å². The quantitative estimate of drug-likeness (QED) is 0.306. The van der Waals surface area contributed by atoms with Crippen molar-refractivity contribution in [1.29, 1.82) is 0 Å². The first-order valence-electron chi connectivity index (χ1n) is 12.4. The first-order valence-corrected chi connectivity index (χ1v) is 12.8. The maximum atomic E-state index is 11.6. The minimum atomic E-state index is -0.647. The van der Waals surface area contributed by atoms with Crippen molar-refractivity contribution in [1.82, 2.24) is 24.9 Å². The Morgan fingerprint density at radius 3 is 2.31 bits per heavy atom. The predicted octanol–water partition coefficient (Wildman–Crippen LogP) is 3.60. The number of ether oxygens (including phenoxy) is 3. The molecule has 5 heterocycles. The number of benzene rings is 2. The summed E-state index contributed by atoms with van der Waals surface area (Å²) in [6.07, 6.45) is -0.258. The Bertz CT molecular complexity index is 1720. The van der Waals surface area contributed by atoms with E-state index >= 15 is 0 Å². The largest absolute Gasteiger partial charge is 0.456 e. The molecule has 7 rings (SSSR count). The van der Waals surface area contributed by atoms with Gasteiger partial charge in [0.1, 0.15) is 24.1 Å². The lowest BCUT2D eigenvalue weighted by molar-refractivity contribution is 0.00706. The van der Waals surface area contributed by atoms with E-state index in [-0.39, 0.29) is 30.5 Å². The summed E-state index contributed by atoms with van der Waals surface area (Å²) in [5, 5.41) is 10.4. The number of aromatic amines is 2. The zero-order valence-electron chi connectivity index (χ0n) is 20.4. The lowest BCUT2D eigenvalue weighted by Crippen LogP contribution is -2.34. The third kappa shape index (κ3) is 4.47. The van der Waals surface area contributed by atoms with Gasteiger partial charge in [-0.05, 0) is 17.2 Å². The Balaban J connectivity index is 1.11. The van der Waals surface area contributed by atoms with Gasteiger partial charge in [-0.3, -0.25) is 4.79 Å². The van der Waals surface area contributed by atoms with E-state index in [1.165, 1.54) is 12.3 Å². The molecule has 3 N–H and O–H groups in total. The van der Waals surface area contributed by atoms with E-state index in [0.29, 0.717) is 40.3 Å². The maximum absolute atomic E-state index is 11.6. The van der Waals surface area contributed by atoms with Crippen LogP contribution in [0.1, 0.15) is 0 Å². The highest BCUT2D eigenvalue weighted by Gasteiger charge is 2.48. The predicted molar refractivity (Wildman–Crippen MR) is 144 cm³/mol. The standard InChI is InChI=1S/C28H22ClN5O5/c29-18-11-19-27(34-28(31-19)39-21-13-38-24-20(35)12-37-25(21)24)33-23(18)16-5-1-14(2-6-16)15-3-7-17(8-4-15)26-30-10-9-22(36)32-26/h1-11,20-21,24-25,35H,12-13H2,(H,30,32,36)(H,31,33,34)/t20-,21-,24-,25-/m1/s1. The minimum absolute atomic E-state index is 0.190. The number of aromatic nitrogens is 5. The zero-order chi connectivity index (χ0) is 26.5. The van der Waals surface area contributed by atoms with Gasteiger partial charge in [-0.25, -0.2) is 9.97 Å². The maximum Gasteiger partial charge on any atom is 0.296 e. The third-order valence-electron chi connectivity index (χ3n) is 6.97. The fourth-order valence-corrected chi connectivity index (χ4v) is 5.26. The lowest BCUT2D eigenvalue weighted by atomic mass is 10.0. The van der Waals surface area contributed by atoms with E-state index in [4.69, 9.17) is 25.8 Å². The number of pyridine rings is 1. The van der Waals surface area contributed by atoms with Crippen molar-refractivity contribution in [3.05, 3.63) is 82.2 Å². The Morgan fingerprint density at radius 2 is 1.56 bits per heavy atom. The highest BCUT2D eigenvalue weighted by molar-refractivity contribution is 6.33. The van der Waals surface area contributed by atoms with E-state index in [2.05, 4.69) is 24.9 Å². The van der Waals surface area contributed by atoms with Crippen molar-refractivity contribution < 1.29 is 19.3 Å². The molecule has 2 saturated heterocycles. The van der Waals surface area contributed by atoms with Gasteiger partial charge >= 0.3 is 0 Å². The number of hydrogen-bond donors (Lipinski definition) is 3. The number of fused-ring (bicyclic) bond motifs is 2. The molecule has 0 amide bonds. The Morgan fingerprint density at radius 1 is 0.872 bits per heavy atom. The van der Waals surface area contributed by atoms with E-state index in [1.54, 1.807) is 6.07 Å². The molecule has 2 aliphatic heterocycles. The summed E-state index contributed by atoms with van der Waals surface area (Å²) < 4.78 is 17.2. The van der Waals surface area contributed by atoms with Crippen LogP contribution in [0.3, 0.4) is 0 Å². The van der Waals surface area contributed by atoms with Crippen LogP contribution in [0.4, 0.5) is 0 Å². The second-order valence-corrected chi connectivity index (χ2v) is 9.90. The Kier molecular flexibility index (Phi) is 5.89. The van der Waals surface area contributed by atoms with Gasteiger partial charge in [0.15, 0.2) is 11.8 Å². The van der Waals surface area contributed by atoms with E-state index in [9.17, 15) is 9.90 Å². The van der Waals surface area contributed by atoms with Crippen LogP contribution >= 0.6 is 11.6 Å². The van der Waals surface area contributed by atoms with Crippen LogP contribution in [-0.2, 0) is 9.47 Å². The van der Waals surface area contributed by atoms with E-state index in [1.807, 2.05) is 48.5 Å². The fourth-order valence-electron chi connectivity index (χ4n) is 5.00. The summed E-state index contributed by atoms with van der Waals surface area (Å²) in [6.45, 7) is 0.535. The molecule has 4 atom stereocenters. The first-order chi connectivity index (χ1) is 19.0. The van der Waals surface area contributed by atoms with Gasteiger partial charge in [0, 0.05) is 23.4 Å². The van der Waals surface area contributed by atoms with Crippen molar-refractivity contribution in [2.45, 2.75) is 24.4 Å². The molecule has 0 radical (unpaired) electrons. The molecule has 39 heavy (non-hydrogen) atoms. The topological polar surface area (TPSA) is 135 Å². The molecule has 2 aromatic carbocycles. The highest BCUT2D eigenvalue weighted by atomic mass is 35.5. The van der Waals surface area contributed by atoms with Gasteiger partial charge in [0.05, 0.1) is 29.4 Å². The average molecular weight is 544 g/mol.